The Balaban J connectivity index is 1.93. The molecule has 1 aliphatic heterocycles. The molecule has 2 heterocycles. The first-order valence-electron chi connectivity index (χ1n) is 8.56. The molecule has 1 aromatic heterocycles. The van der Waals surface area contributed by atoms with Gasteiger partial charge in [-0.2, -0.15) is 0 Å². The Kier molecular flexibility index (Phi) is 4.41. The van der Waals surface area contributed by atoms with Crippen LogP contribution in [0.1, 0.15) is 26.3 Å². The predicted molar refractivity (Wildman–Crippen MR) is 100 cm³/mol. The summed E-state index contributed by atoms with van der Waals surface area (Å²) >= 11 is 0. The van der Waals surface area contributed by atoms with Crippen molar-refractivity contribution in [1.82, 2.24) is 10.3 Å². The first kappa shape index (κ1) is 17.3. The molecule has 3 rings (SSSR count). The minimum Gasteiger partial charge on any atom is -0.461 e. The number of carbonyl (C=O) groups excluding carboxylic acids is 1. The number of fused-ring (bicyclic) bond motifs is 1. The number of aromatic nitrogens is 1. The summed E-state index contributed by atoms with van der Waals surface area (Å²) in [5, 5.41) is 2.94. The lowest BCUT2D eigenvalue weighted by atomic mass is 9.93. The molecule has 0 saturated heterocycles. The molecule has 0 radical (unpaired) electrons. The number of benzene rings is 1. The molecule has 1 N–H and O–H groups in total. The molecule has 1 aliphatic rings. The number of anilines is 1. The summed E-state index contributed by atoms with van der Waals surface area (Å²) < 4.78 is 5.95. The Labute approximate surface area is 149 Å². The number of nitrogens with one attached hydrogen (secondary N) is 1. The van der Waals surface area contributed by atoms with Gasteiger partial charge in [-0.1, -0.05) is 12.1 Å². The molecule has 5 nitrogen and oxygen atoms in total. The molecule has 25 heavy (non-hydrogen) atoms. The highest BCUT2D eigenvalue weighted by Crippen LogP contribution is 2.39. The van der Waals surface area contributed by atoms with E-state index in [1.54, 1.807) is 6.20 Å². The summed E-state index contributed by atoms with van der Waals surface area (Å²) in [5.74, 6) is 0.449. The van der Waals surface area contributed by atoms with Crippen LogP contribution in [0, 0.1) is 0 Å². The van der Waals surface area contributed by atoms with Gasteiger partial charge in [0.1, 0.15) is 0 Å². The van der Waals surface area contributed by atoms with E-state index in [9.17, 15) is 4.79 Å². The molecule has 0 aliphatic carbocycles. The molecule has 5 heteroatoms. The second kappa shape index (κ2) is 6.39. The number of amides is 1. The third-order valence-corrected chi connectivity index (χ3v) is 4.45. The number of carbonyl (C=O) groups is 1. The number of nitrogens with zero attached hydrogens (tertiary/aromatic N) is 2. The summed E-state index contributed by atoms with van der Waals surface area (Å²) in [6, 6.07) is 10.4. The molecule has 1 atom stereocenters. The van der Waals surface area contributed by atoms with Crippen molar-refractivity contribution in [3.8, 4) is 17.0 Å². The van der Waals surface area contributed by atoms with E-state index >= 15 is 0 Å². The summed E-state index contributed by atoms with van der Waals surface area (Å²) in [7, 11) is 4.04. The van der Waals surface area contributed by atoms with Crippen LogP contribution < -0.4 is 15.0 Å². The molecule has 1 unspecified atom stereocenters. The molecule has 1 amide bonds. The van der Waals surface area contributed by atoms with Gasteiger partial charge in [-0.25, -0.2) is 4.98 Å². The van der Waals surface area contributed by atoms with Gasteiger partial charge in [0, 0.05) is 44.0 Å². The van der Waals surface area contributed by atoms with Gasteiger partial charge >= 0.3 is 0 Å². The SMILES string of the molecule is CC(C)NC(=O)C1(C)Cc2c(-c3ccc(N(C)C)cc3)ccnc2O1. The van der Waals surface area contributed by atoms with E-state index in [0.717, 1.165) is 22.4 Å². The van der Waals surface area contributed by atoms with E-state index in [4.69, 9.17) is 4.74 Å². The summed E-state index contributed by atoms with van der Waals surface area (Å²) in [5.41, 5.74) is 3.38. The highest BCUT2D eigenvalue weighted by molar-refractivity contribution is 5.87. The second-order valence-electron chi connectivity index (χ2n) is 7.22. The Morgan fingerprint density at radius 1 is 1.24 bits per heavy atom. The maximum absolute atomic E-state index is 12.5. The van der Waals surface area contributed by atoms with Gasteiger partial charge in [0.15, 0.2) is 5.60 Å². The van der Waals surface area contributed by atoms with E-state index in [0.29, 0.717) is 12.3 Å². The van der Waals surface area contributed by atoms with Crippen LogP contribution in [0.25, 0.3) is 11.1 Å². The van der Waals surface area contributed by atoms with Gasteiger partial charge in [-0.3, -0.25) is 4.79 Å². The van der Waals surface area contributed by atoms with Gasteiger partial charge in [-0.05, 0) is 50.1 Å². The zero-order chi connectivity index (χ0) is 18.2. The minimum atomic E-state index is -0.917. The van der Waals surface area contributed by atoms with Gasteiger partial charge in [0.25, 0.3) is 5.91 Å². The van der Waals surface area contributed by atoms with Crippen molar-refractivity contribution in [2.24, 2.45) is 0 Å². The number of hydrogen-bond acceptors (Lipinski definition) is 4. The smallest absolute Gasteiger partial charge is 0.264 e. The Morgan fingerprint density at radius 3 is 2.52 bits per heavy atom. The molecule has 0 saturated carbocycles. The van der Waals surface area contributed by atoms with Gasteiger partial charge in [0.05, 0.1) is 0 Å². The van der Waals surface area contributed by atoms with Crippen molar-refractivity contribution in [2.75, 3.05) is 19.0 Å². The van der Waals surface area contributed by atoms with Crippen LogP contribution in [-0.4, -0.2) is 36.6 Å². The summed E-state index contributed by atoms with van der Waals surface area (Å²) in [6.07, 6.45) is 2.25. The zero-order valence-electron chi connectivity index (χ0n) is 15.5. The highest BCUT2D eigenvalue weighted by Gasteiger charge is 2.43. The number of ether oxygens (including phenoxy) is 1. The second-order valence-corrected chi connectivity index (χ2v) is 7.22. The lowest BCUT2D eigenvalue weighted by Crippen LogP contribution is -2.50. The zero-order valence-corrected chi connectivity index (χ0v) is 15.5. The average Bonchev–Trinajstić information content (AvgIpc) is 2.92. The van der Waals surface area contributed by atoms with Crippen LogP contribution in [-0.2, 0) is 11.2 Å². The first-order valence-corrected chi connectivity index (χ1v) is 8.56. The molecule has 132 valence electrons. The fourth-order valence-corrected chi connectivity index (χ4v) is 3.07. The predicted octanol–water partition coefficient (Wildman–Crippen LogP) is 3.03. The number of rotatable bonds is 4. The van der Waals surface area contributed by atoms with E-state index in [2.05, 4.69) is 39.5 Å². The van der Waals surface area contributed by atoms with Crippen LogP contribution in [0.4, 0.5) is 5.69 Å². The highest BCUT2D eigenvalue weighted by atomic mass is 16.5. The standard InChI is InChI=1S/C20H25N3O2/c1-13(2)22-19(24)20(3)12-17-16(10-11-21-18(17)25-20)14-6-8-15(9-7-14)23(4)5/h6-11,13H,12H2,1-5H3,(H,22,24). The lowest BCUT2D eigenvalue weighted by Gasteiger charge is -2.23. The molecule has 0 fully saturated rings. The van der Waals surface area contributed by atoms with E-state index < -0.39 is 5.60 Å². The molecule has 1 aromatic carbocycles. The third-order valence-electron chi connectivity index (χ3n) is 4.45. The fraction of sp³-hybridized carbons (Fsp3) is 0.400. The molecule has 2 aromatic rings. The maximum atomic E-state index is 12.5. The summed E-state index contributed by atoms with van der Waals surface area (Å²) in [4.78, 5) is 18.9. The van der Waals surface area contributed by atoms with Gasteiger partial charge in [-0.15, -0.1) is 0 Å². The van der Waals surface area contributed by atoms with Gasteiger partial charge < -0.3 is 15.0 Å². The monoisotopic (exact) mass is 339 g/mol. The lowest BCUT2D eigenvalue weighted by molar-refractivity contribution is -0.134. The van der Waals surface area contributed by atoms with Crippen molar-refractivity contribution < 1.29 is 9.53 Å². The van der Waals surface area contributed by atoms with E-state index in [-0.39, 0.29) is 11.9 Å². The maximum Gasteiger partial charge on any atom is 0.264 e. The Bertz CT molecular complexity index is 784. The molecule has 0 spiro atoms. The topological polar surface area (TPSA) is 54.5 Å². The molecular weight excluding hydrogens is 314 g/mol. The van der Waals surface area contributed by atoms with Crippen molar-refractivity contribution in [3.05, 3.63) is 42.1 Å². The van der Waals surface area contributed by atoms with Crippen molar-refractivity contribution >= 4 is 11.6 Å². The van der Waals surface area contributed by atoms with Crippen LogP contribution >= 0.6 is 0 Å². The summed E-state index contributed by atoms with van der Waals surface area (Å²) in [6.45, 7) is 5.71. The first-order chi connectivity index (χ1) is 11.8. The van der Waals surface area contributed by atoms with E-state index in [1.807, 2.05) is 40.9 Å². The average molecular weight is 339 g/mol. The quantitative estimate of drug-likeness (QED) is 0.930. The Hall–Kier alpha value is -2.56. The van der Waals surface area contributed by atoms with Crippen LogP contribution in [0.3, 0.4) is 0 Å². The Morgan fingerprint density at radius 2 is 1.92 bits per heavy atom. The van der Waals surface area contributed by atoms with Crippen LogP contribution in [0.5, 0.6) is 5.88 Å². The normalized spacial score (nSPS) is 18.6. The fourth-order valence-electron chi connectivity index (χ4n) is 3.07. The largest absolute Gasteiger partial charge is 0.461 e. The third kappa shape index (κ3) is 3.31. The van der Waals surface area contributed by atoms with Crippen LogP contribution in [0.15, 0.2) is 36.5 Å². The number of pyridine rings is 1. The minimum absolute atomic E-state index is 0.0719. The van der Waals surface area contributed by atoms with E-state index in [1.165, 1.54) is 0 Å². The van der Waals surface area contributed by atoms with Crippen molar-refractivity contribution in [1.29, 1.82) is 0 Å². The van der Waals surface area contributed by atoms with Crippen molar-refractivity contribution in [3.63, 3.8) is 0 Å². The molecular formula is C20H25N3O2. The van der Waals surface area contributed by atoms with Crippen molar-refractivity contribution in [2.45, 2.75) is 38.8 Å². The van der Waals surface area contributed by atoms with Gasteiger partial charge in [0.2, 0.25) is 5.88 Å². The van der Waals surface area contributed by atoms with Crippen LogP contribution in [0.2, 0.25) is 0 Å². The number of hydrogen-bond donors (Lipinski definition) is 1. The molecule has 0 bridgehead atoms.